The highest BCUT2D eigenvalue weighted by atomic mass is 31.2. The summed E-state index contributed by atoms with van der Waals surface area (Å²) in [6.07, 6.45) is 1.26. The molecule has 10 heteroatoms. The Morgan fingerprint density at radius 3 is 2.41 bits per heavy atom. The first-order valence-corrected chi connectivity index (χ1v) is 9.17. The van der Waals surface area contributed by atoms with Crippen LogP contribution in [0.5, 0.6) is 0 Å². The quantitative estimate of drug-likeness (QED) is 0.434. The van der Waals surface area contributed by atoms with Crippen molar-refractivity contribution < 1.29 is 23.5 Å². The number of ether oxygens (including phenoxy) is 2. The van der Waals surface area contributed by atoms with Gasteiger partial charge < -0.3 is 19.7 Å². The van der Waals surface area contributed by atoms with Gasteiger partial charge in [-0.25, -0.2) is 9.65 Å². The van der Waals surface area contributed by atoms with Crippen molar-refractivity contribution in [3.05, 3.63) is 0 Å². The topological polar surface area (TPSA) is 89.1 Å². The molecule has 1 unspecified atom stereocenters. The molecule has 0 saturated carbocycles. The molecule has 3 N–H and O–H groups in total. The van der Waals surface area contributed by atoms with Crippen molar-refractivity contribution in [1.29, 1.82) is 0 Å². The van der Waals surface area contributed by atoms with Crippen LogP contribution >= 0.6 is 7.75 Å². The fourth-order valence-corrected chi connectivity index (χ4v) is 4.07. The minimum atomic E-state index is -3.96. The molecule has 0 aromatic heterocycles. The zero-order chi connectivity index (χ0) is 16.3. The van der Waals surface area contributed by atoms with Crippen LogP contribution < -0.4 is 10.4 Å². The number of hydrogen-bond donors (Lipinski definition) is 3. The predicted octanol–water partition coefficient (Wildman–Crippen LogP) is -0.373. The van der Waals surface area contributed by atoms with E-state index in [2.05, 4.69) is 10.4 Å². The fourth-order valence-electron chi connectivity index (χ4n) is 2.95. The standard InChI is InChI=1S/C12H23B2N2O5P/c1-3-9-8(5-12(14)20-9)16-22(17,18)19-6-10-7(15-2)4-11(13)21-10/h7-12,15H,3-6H2,1-2H3,(H2,16,17,18)/t7-,8-,9-,10-,11-,12-/m1/s1. The first kappa shape index (κ1) is 18.5. The van der Waals surface area contributed by atoms with Gasteiger partial charge in [-0.15, -0.1) is 0 Å². The molecule has 0 aromatic rings. The molecule has 2 rings (SSSR count). The molecule has 2 aliphatic heterocycles. The summed E-state index contributed by atoms with van der Waals surface area (Å²) in [7, 11) is 9.27. The Bertz CT molecular complexity index is 419. The number of rotatable bonds is 7. The molecule has 122 valence electrons. The van der Waals surface area contributed by atoms with Crippen molar-refractivity contribution in [2.45, 2.75) is 62.5 Å². The van der Waals surface area contributed by atoms with Crippen LogP contribution in [0.4, 0.5) is 0 Å². The summed E-state index contributed by atoms with van der Waals surface area (Å²) in [4.78, 5) is 9.98. The van der Waals surface area contributed by atoms with Crippen molar-refractivity contribution in [1.82, 2.24) is 10.4 Å². The summed E-state index contributed by atoms with van der Waals surface area (Å²) in [6, 6.07) is -1.11. The summed E-state index contributed by atoms with van der Waals surface area (Å²) in [5.41, 5.74) is 0. The van der Waals surface area contributed by atoms with Crippen LogP contribution in [-0.4, -0.2) is 70.5 Å². The van der Waals surface area contributed by atoms with E-state index in [1.54, 1.807) is 7.05 Å². The molecule has 0 aliphatic carbocycles. The van der Waals surface area contributed by atoms with Crippen LogP contribution in [0.15, 0.2) is 0 Å². The highest BCUT2D eigenvalue weighted by molar-refractivity contribution is 7.50. The highest BCUT2D eigenvalue weighted by Gasteiger charge is 2.38. The van der Waals surface area contributed by atoms with E-state index < -0.39 is 13.7 Å². The van der Waals surface area contributed by atoms with Gasteiger partial charge in [-0.1, -0.05) is 6.92 Å². The van der Waals surface area contributed by atoms with Crippen molar-refractivity contribution in [3.63, 3.8) is 0 Å². The number of likely N-dealkylation sites (N-methyl/N-ethyl adjacent to an activating group) is 1. The van der Waals surface area contributed by atoms with Gasteiger partial charge >= 0.3 is 7.75 Å². The van der Waals surface area contributed by atoms with Gasteiger partial charge in [0, 0.05) is 24.1 Å². The normalized spacial score (nSPS) is 41.6. The largest absolute Gasteiger partial charge is 0.403 e. The SMILES string of the molecule is [B][C@H]1C[C@@H](NC)[C@@H](COP(=O)(O)N[C@@H]2C[C@H]([B])O[C@@H]2CC)O1. The fraction of sp³-hybridized carbons (Fsp3) is 1.00. The lowest BCUT2D eigenvalue weighted by Crippen LogP contribution is -2.38. The van der Waals surface area contributed by atoms with Crippen molar-refractivity contribution in [2.75, 3.05) is 13.7 Å². The monoisotopic (exact) mass is 328 g/mol. The van der Waals surface area contributed by atoms with Gasteiger partial charge in [-0.2, -0.15) is 0 Å². The minimum Gasteiger partial charge on any atom is -0.383 e. The van der Waals surface area contributed by atoms with E-state index in [0.717, 1.165) is 0 Å². The molecule has 7 nitrogen and oxygen atoms in total. The Labute approximate surface area is 134 Å². The molecular formula is C12H23B2N2O5P. The average Bonchev–Trinajstić information content (AvgIpc) is 2.98. The predicted molar refractivity (Wildman–Crippen MR) is 83.9 cm³/mol. The lowest BCUT2D eigenvalue weighted by Gasteiger charge is -2.24. The Hall–Kier alpha value is 0.120. The number of hydrogen-bond acceptors (Lipinski definition) is 5. The van der Waals surface area contributed by atoms with E-state index in [1.165, 1.54) is 0 Å². The summed E-state index contributed by atoms with van der Waals surface area (Å²) >= 11 is 0. The molecule has 2 aliphatic rings. The van der Waals surface area contributed by atoms with E-state index >= 15 is 0 Å². The molecule has 7 atom stereocenters. The van der Waals surface area contributed by atoms with Crippen molar-refractivity contribution in [2.24, 2.45) is 0 Å². The Kier molecular flexibility index (Phi) is 6.54. The molecular weight excluding hydrogens is 305 g/mol. The first-order valence-electron chi connectivity index (χ1n) is 7.59. The van der Waals surface area contributed by atoms with E-state index in [4.69, 9.17) is 29.7 Å². The summed E-state index contributed by atoms with van der Waals surface area (Å²) in [5.74, 6) is 0. The molecule has 2 fully saturated rings. The maximum absolute atomic E-state index is 12.2. The van der Waals surface area contributed by atoms with Gasteiger partial charge in [-0.05, 0) is 26.3 Å². The van der Waals surface area contributed by atoms with Crippen molar-refractivity contribution >= 4 is 23.4 Å². The van der Waals surface area contributed by atoms with Gasteiger partial charge in [0.25, 0.3) is 0 Å². The lowest BCUT2D eigenvalue weighted by molar-refractivity contribution is 0.0366. The third-order valence-electron chi connectivity index (χ3n) is 4.09. The smallest absolute Gasteiger partial charge is 0.383 e. The summed E-state index contributed by atoms with van der Waals surface area (Å²) < 4.78 is 28.3. The minimum absolute atomic E-state index is 0.00151. The molecule has 0 aromatic carbocycles. The molecule has 2 heterocycles. The van der Waals surface area contributed by atoms with Crippen LogP contribution in [0.3, 0.4) is 0 Å². The second kappa shape index (κ2) is 7.79. The van der Waals surface area contributed by atoms with Crippen LogP contribution in [0.1, 0.15) is 26.2 Å². The van der Waals surface area contributed by atoms with Gasteiger partial charge in [0.2, 0.25) is 0 Å². The van der Waals surface area contributed by atoms with Crippen LogP contribution in [-0.2, 0) is 18.6 Å². The zero-order valence-corrected chi connectivity index (χ0v) is 13.9. The molecule has 2 saturated heterocycles. The summed E-state index contributed by atoms with van der Waals surface area (Å²) in [5, 5.41) is 5.69. The molecule has 0 spiro atoms. The van der Waals surface area contributed by atoms with Gasteiger partial charge in [0.05, 0.1) is 18.8 Å². The van der Waals surface area contributed by atoms with E-state index in [9.17, 15) is 9.46 Å². The van der Waals surface area contributed by atoms with Gasteiger partial charge in [0.1, 0.15) is 15.7 Å². The van der Waals surface area contributed by atoms with Crippen molar-refractivity contribution in [3.8, 4) is 0 Å². The highest BCUT2D eigenvalue weighted by Crippen LogP contribution is 2.41. The molecule has 0 amide bonds. The number of nitrogens with one attached hydrogen (secondary N) is 2. The summed E-state index contributed by atoms with van der Waals surface area (Å²) in [6.45, 7) is 1.92. The Morgan fingerprint density at radius 2 is 1.82 bits per heavy atom. The average molecular weight is 328 g/mol. The van der Waals surface area contributed by atoms with Crippen LogP contribution in [0.2, 0.25) is 0 Å². The van der Waals surface area contributed by atoms with Crippen LogP contribution in [0.25, 0.3) is 0 Å². The van der Waals surface area contributed by atoms with E-state index in [-0.39, 0.29) is 36.9 Å². The molecule has 22 heavy (non-hydrogen) atoms. The lowest BCUT2D eigenvalue weighted by atomic mass is 9.95. The Balaban J connectivity index is 1.84. The molecule has 4 radical (unpaired) electrons. The third-order valence-corrected chi connectivity index (χ3v) is 5.24. The maximum Gasteiger partial charge on any atom is 0.403 e. The maximum atomic E-state index is 12.2. The van der Waals surface area contributed by atoms with Gasteiger partial charge in [-0.3, -0.25) is 4.52 Å². The zero-order valence-electron chi connectivity index (χ0n) is 13.0. The second-order valence-electron chi connectivity index (χ2n) is 5.75. The van der Waals surface area contributed by atoms with E-state index in [0.29, 0.717) is 19.3 Å². The Morgan fingerprint density at radius 1 is 1.23 bits per heavy atom. The third kappa shape index (κ3) is 4.81. The van der Waals surface area contributed by atoms with Gasteiger partial charge in [0.15, 0.2) is 0 Å². The second-order valence-corrected chi connectivity index (χ2v) is 7.31. The molecule has 0 bridgehead atoms. The van der Waals surface area contributed by atoms with E-state index in [1.807, 2.05) is 6.92 Å². The van der Waals surface area contributed by atoms with Crippen LogP contribution in [0, 0.1) is 0 Å². The first-order chi connectivity index (χ1) is 10.3.